The maximum Gasteiger partial charge on any atom is 0.143 e. The highest BCUT2D eigenvalue weighted by Crippen LogP contribution is 2.18. The van der Waals surface area contributed by atoms with Crippen LogP contribution >= 0.6 is 11.6 Å². The Morgan fingerprint density at radius 3 is 2.95 bits per heavy atom. The summed E-state index contributed by atoms with van der Waals surface area (Å²) in [6, 6.07) is 7.94. The Morgan fingerprint density at radius 1 is 1.40 bits per heavy atom. The zero-order valence-electron chi connectivity index (χ0n) is 10.7. The third kappa shape index (κ3) is 4.52. The SMILES string of the molecule is OC(CNc1ccc(Cl)c(F)c1)COCc1ccco1. The summed E-state index contributed by atoms with van der Waals surface area (Å²) in [6.45, 7) is 0.711. The summed E-state index contributed by atoms with van der Waals surface area (Å²) in [4.78, 5) is 0. The van der Waals surface area contributed by atoms with Crippen LogP contribution in [0.1, 0.15) is 5.76 Å². The summed E-state index contributed by atoms with van der Waals surface area (Å²) in [6.07, 6.45) is 0.856. The Bertz CT molecular complexity index is 533. The fraction of sp³-hybridized carbons (Fsp3) is 0.286. The van der Waals surface area contributed by atoms with Crippen molar-refractivity contribution in [2.75, 3.05) is 18.5 Å². The fourth-order valence-corrected chi connectivity index (χ4v) is 1.71. The van der Waals surface area contributed by atoms with Gasteiger partial charge in [0.25, 0.3) is 0 Å². The molecule has 2 aromatic rings. The van der Waals surface area contributed by atoms with Crippen LogP contribution in [0.2, 0.25) is 5.02 Å². The van der Waals surface area contributed by atoms with Crippen molar-refractivity contribution in [1.29, 1.82) is 0 Å². The molecule has 0 bridgehead atoms. The molecule has 20 heavy (non-hydrogen) atoms. The molecule has 0 amide bonds. The van der Waals surface area contributed by atoms with Crippen molar-refractivity contribution in [3.8, 4) is 0 Å². The highest BCUT2D eigenvalue weighted by molar-refractivity contribution is 6.30. The van der Waals surface area contributed by atoms with E-state index < -0.39 is 11.9 Å². The molecule has 1 atom stereocenters. The zero-order valence-corrected chi connectivity index (χ0v) is 11.4. The summed E-state index contributed by atoms with van der Waals surface area (Å²) < 4.78 is 23.6. The Morgan fingerprint density at radius 2 is 2.25 bits per heavy atom. The average molecular weight is 300 g/mol. The Hall–Kier alpha value is -1.56. The normalized spacial score (nSPS) is 12.3. The number of benzene rings is 1. The molecular formula is C14H15ClFNO3. The van der Waals surface area contributed by atoms with Gasteiger partial charge in [-0.15, -0.1) is 0 Å². The van der Waals surface area contributed by atoms with Crippen molar-refractivity contribution in [2.24, 2.45) is 0 Å². The molecule has 2 N–H and O–H groups in total. The van der Waals surface area contributed by atoms with Crippen LogP contribution in [0, 0.1) is 5.82 Å². The first-order chi connectivity index (χ1) is 9.65. The standard InChI is InChI=1S/C14H15ClFNO3/c15-13-4-3-10(6-14(13)16)17-7-11(18)8-19-9-12-2-1-5-20-12/h1-6,11,17-18H,7-9H2. The van der Waals surface area contributed by atoms with Crippen LogP contribution in [-0.2, 0) is 11.3 Å². The van der Waals surface area contributed by atoms with Crippen LogP contribution < -0.4 is 5.32 Å². The number of halogens is 2. The van der Waals surface area contributed by atoms with Crippen molar-refractivity contribution in [2.45, 2.75) is 12.7 Å². The van der Waals surface area contributed by atoms with Crippen molar-refractivity contribution in [3.05, 3.63) is 53.2 Å². The lowest BCUT2D eigenvalue weighted by molar-refractivity contribution is 0.0282. The second-order valence-electron chi connectivity index (χ2n) is 4.26. The Kier molecular flexibility index (Phi) is 5.40. The maximum atomic E-state index is 13.2. The molecule has 1 aromatic carbocycles. The number of hydrogen-bond acceptors (Lipinski definition) is 4. The third-order valence-corrected chi connectivity index (χ3v) is 2.90. The van der Waals surface area contributed by atoms with Crippen molar-refractivity contribution in [3.63, 3.8) is 0 Å². The van der Waals surface area contributed by atoms with Gasteiger partial charge in [0.1, 0.15) is 18.2 Å². The van der Waals surface area contributed by atoms with Gasteiger partial charge in [0.05, 0.1) is 24.0 Å². The van der Waals surface area contributed by atoms with Gasteiger partial charge in [0.2, 0.25) is 0 Å². The molecule has 0 radical (unpaired) electrons. The van der Waals surface area contributed by atoms with Crippen LogP contribution in [0.4, 0.5) is 10.1 Å². The molecule has 0 saturated heterocycles. The van der Waals surface area contributed by atoms with Crippen LogP contribution in [-0.4, -0.2) is 24.4 Å². The summed E-state index contributed by atoms with van der Waals surface area (Å²) in [7, 11) is 0. The first kappa shape index (κ1) is 14.8. The Balaban J connectivity index is 1.69. The zero-order chi connectivity index (χ0) is 14.4. The number of furan rings is 1. The number of ether oxygens (including phenoxy) is 1. The molecule has 1 unspecified atom stereocenters. The van der Waals surface area contributed by atoms with Gasteiger partial charge in [-0.1, -0.05) is 11.6 Å². The number of hydrogen-bond donors (Lipinski definition) is 2. The molecule has 2 rings (SSSR count). The van der Waals surface area contributed by atoms with E-state index in [9.17, 15) is 9.50 Å². The van der Waals surface area contributed by atoms with Gasteiger partial charge < -0.3 is 19.6 Å². The second kappa shape index (κ2) is 7.28. The van der Waals surface area contributed by atoms with E-state index in [1.165, 1.54) is 12.1 Å². The first-order valence-electron chi connectivity index (χ1n) is 6.12. The van der Waals surface area contributed by atoms with E-state index in [4.69, 9.17) is 20.8 Å². The van der Waals surface area contributed by atoms with Crippen LogP contribution in [0.5, 0.6) is 0 Å². The molecule has 0 aliphatic rings. The van der Waals surface area contributed by atoms with Crippen LogP contribution in [0.3, 0.4) is 0 Å². The molecule has 0 spiro atoms. The smallest absolute Gasteiger partial charge is 0.143 e. The molecule has 0 aliphatic carbocycles. The van der Waals surface area contributed by atoms with Crippen molar-refractivity contribution in [1.82, 2.24) is 0 Å². The quantitative estimate of drug-likeness (QED) is 0.825. The summed E-state index contributed by atoms with van der Waals surface area (Å²) >= 11 is 5.58. The summed E-state index contributed by atoms with van der Waals surface area (Å²) in [5.41, 5.74) is 0.553. The lowest BCUT2D eigenvalue weighted by Crippen LogP contribution is -2.24. The van der Waals surface area contributed by atoms with E-state index in [0.29, 0.717) is 18.1 Å². The number of nitrogens with one attached hydrogen (secondary N) is 1. The molecule has 1 heterocycles. The monoisotopic (exact) mass is 299 g/mol. The van der Waals surface area contributed by atoms with Crippen LogP contribution in [0.25, 0.3) is 0 Å². The minimum Gasteiger partial charge on any atom is -0.467 e. The number of rotatable bonds is 7. The Labute approximate surface area is 121 Å². The molecule has 0 aliphatic heterocycles. The topological polar surface area (TPSA) is 54.6 Å². The minimum absolute atomic E-state index is 0.0675. The van der Waals surface area contributed by atoms with E-state index in [1.54, 1.807) is 24.5 Å². The van der Waals surface area contributed by atoms with E-state index in [2.05, 4.69) is 5.32 Å². The molecule has 6 heteroatoms. The van der Waals surface area contributed by atoms with Gasteiger partial charge in [-0.3, -0.25) is 0 Å². The van der Waals surface area contributed by atoms with Gasteiger partial charge in [0.15, 0.2) is 0 Å². The largest absolute Gasteiger partial charge is 0.467 e. The first-order valence-corrected chi connectivity index (χ1v) is 6.50. The predicted molar refractivity (Wildman–Crippen MR) is 74.3 cm³/mol. The molecule has 4 nitrogen and oxygen atoms in total. The third-order valence-electron chi connectivity index (χ3n) is 2.60. The van der Waals surface area contributed by atoms with Crippen molar-refractivity contribution >= 4 is 17.3 Å². The maximum absolute atomic E-state index is 13.2. The van der Waals surface area contributed by atoms with Crippen LogP contribution in [0.15, 0.2) is 41.0 Å². The lowest BCUT2D eigenvalue weighted by atomic mass is 10.3. The molecular weight excluding hydrogens is 285 g/mol. The number of anilines is 1. The van der Waals surface area contributed by atoms with Gasteiger partial charge in [-0.2, -0.15) is 0 Å². The predicted octanol–water partition coefficient (Wildman–Crippen LogP) is 3.06. The van der Waals surface area contributed by atoms with Gasteiger partial charge in [-0.25, -0.2) is 4.39 Å². The average Bonchev–Trinajstić information content (AvgIpc) is 2.93. The highest BCUT2D eigenvalue weighted by atomic mass is 35.5. The summed E-state index contributed by atoms with van der Waals surface area (Å²) in [5.74, 6) is 0.199. The van der Waals surface area contributed by atoms with E-state index in [0.717, 1.165) is 0 Å². The van der Waals surface area contributed by atoms with Gasteiger partial charge in [-0.05, 0) is 30.3 Å². The second-order valence-corrected chi connectivity index (χ2v) is 4.67. The van der Waals surface area contributed by atoms with E-state index in [-0.39, 0.29) is 18.2 Å². The molecule has 108 valence electrons. The van der Waals surface area contributed by atoms with Gasteiger partial charge >= 0.3 is 0 Å². The number of aliphatic hydroxyl groups excluding tert-OH is 1. The lowest BCUT2D eigenvalue weighted by Gasteiger charge is -2.13. The molecule has 0 fully saturated rings. The minimum atomic E-state index is -0.705. The van der Waals surface area contributed by atoms with Crippen molar-refractivity contribution < 1.29 is 18.7 Å². The van der Waals surface area contributed by atoms with E-state index in [1.807, 2.05) is 0 Å². The van der Waals surface area contributed by atoms with E-state index >= 15 is 0 Å². The summed E-state index contributed by atoms with van der Waals surface area (Å²) in [5, 5.41) is 12.7. The van der Waals surface area contributed by atoms with Gasteiger partial charge in [0, 0.05) is 12.2 Å². The molecule has 1 aromatic heterocycles. The fourth-order valence-electron chi connectivity index (χ4n) is 1.59. The highest BCUT2D eigenvalue weighted by Gasteiger charge is 2.06. The number of aliphatic hydroxyl groups is 1. The molecule has 0 saturated carbocycles.